The van der Waals surface area contributed by atoms with E-state index in [9.17, 15) is 14.9 Å². The molecule has 9 heteroatoms. The van der Waals surface area contributed by atoms with E-state index in [1.807, 2.05) is 35.1 Å². The number of nitro benzene ring substituents is 1. The molecule has 40 heavy (non-hydrogen) atoms. The van der Waals surface area contributed by atoms with E-state index < -0.39 is 0 Å². The molecule has 7 nitrogen and oxygen atoms in total. The number of furan rings is 1. The number of hydrogen-bond acceptors (Lipinski definition) is 7. The molecule has 0 N–H and O–H groups in total. The van der Waals surface area contributed by atoms with Gasteiger partial charge in [-0.3, -0.25) is 19.5 Å². The van der Waals surface area contributed by atoms with Crippen LogP contribution < -0.4 is 14.9 Å². The van der Waals surface area contributed by atoms with Gasteiger partial charge in [-0.25, -0.2) is 4.99 Å². The maximum atomic E-state index is 13.9. The van der Waals surface area contributed by atoms with Crippen molar-refractivity contribution in [3.8, 4) is 11.3 Å². The summed E-state index contributed by atoms with van der Waals surface area (Å²) in [5, 5.41) is 13.6. The lowest BCUT2D eigenvalue weighted by atomic mass is 9.85. The van der Waals surface area contributed by atoms with Crippen LogP contribution in [0.5, 0.6) is 0 Å². The Bertz CT molecular complexity index is 2040. The molecule has 7 rings (SSSR count). The summed E-state index contributed by atoms with van der Waals surface area (Å²) in [6, 6.07) is 19.3. The van der Waals surface area contributed by atoms with Crippen LogP contribution in [0.4, 0.5) is 5.69 Å². The molecular weight excluding hydrogens is 542 g/mol. The second kappa shape index (κ2) is 9.39. The molecule has 0 radical (unpaired) electrons. The Morgan fingerprint density at radius 3 is 2.75 bits per heavy atom. The van der Waals surface area contributed by atoms with Crippen LogP contribution in [0.25, 0.3) is 23.1 Å². The normalized spacial score (nSPS) is 16.4. The third-order valence-corrected chi connectivity index (χ3v) is 9.61. The van der Waals surface area contributed by atoms with Crippen molar-refractivity contribution in [3.63, 3.8) is 0 Å². The summed E-state index contributed by atoms with van der Waals surface area (Å²) in [5.41, 5.74) is 6.60. The molecule has 0 amide bonds. The van der Waals surface area contributed by atoms with Gasteiger partial charge in [0, 0.05) is 33.7 Å². The number of benzene rings is 2. The Balaban J connectivity index is 1.36. The van der Waals surface area contributed by atoms with Crippen molar-refractivity contribution < 1.29 is 9.34 Å². The van der Waals surface area contributed by atoms with Crippen molar-refractivity contribution in [1.29, 1.82) is 0 Å². The van der Waals surface area contributed by atoms with Crippen LogP contribution in [0, 0.1) is 24.0 Å². The Morgan fingerprint density at radius 2 is 1.95 bits per heavy atom. The van der Waals surface area contributed by atoms with Crippen LogP contribution in [0.15, 0.2) is 85.8 Å². The summed E-state index contributed by atoms with van der Waals surface area (Å²) in [6.07, 6.45) is 3.51. The minimum Gasteiger partial charge on any atom is -0.457 e. The lowest BCUT2D eigenvalue weighted by molar-refractivity contribution is -0.385. The smallest absolute Gasteiger partial charge is 0.273 e. The van der Waals surface area contributed by atoms with Gasteiger partial charge in [-0.1, -0.05) is 41.7 Å². The van der Waals surface area contributed by atoms with Crippen LogP contribution in [-0.2, 0) is 6.42 Å². The van der Waals surface area contributed by atoms with Crippen molar-refractivity contribution in [1.82, 2.24) is 4.57 Å². The molecule has 2 aromatic carbocycles. The summed E-state index contributed by atoms with van der Waals surface area (Å²) < 4.78 is 8.43. The number of aromatic nitrogens is 1. The fourth-order valence-corrected chi connectivity index (χ4v) is 7.43. The lowest BCUT2D eigenvalue weighted by Crippen LogP contribution is -2.38. The topological polar surface area (TPSA) is 90.6 Å². The number of nitrogens with zero attached hydrogens (tertiary/aromatic N) is 3. The molecule has 4 heterocycles. The van der Waals surface area contributed by atoms with Gasteiger partial charge in [-0.15, -0.1) is 11.3 Å². The molecule has 3 aromatic heterocycles. The molecule has 1 atom stereocenters. The van der Waals surface area contributed by atoms with Crippen molar-refractivity contribution in [2.24, 2.45) is 4.99 Å². The van der Waals surface area contributed by atoms with Gasteiger partial charge in [0.1, 0.15) is 11.5 Å². The molecule has 0 saturated carbocycles. The molecule has 0 bridgehead atoms. The average molecular weight is 566 g/mol. The molecule has 1 aliphatic carbocycles. The van der Waals surface area contributed by atoms with Gasteiger partial charge in [0.25, 0.3) is 11.2 Å². The number of nitro groups is 1. The highest BCUT2D eigenvalue weighted by molar-refractivity contribution is 7.10. The molecule has 0 saturated heterocycles. The molecule has 2 aliphatic rings. The van der Waals surface area contributed by atoms with Crippen molar-refractivity contribution in [2.75, 3.05) is 0 Å². The van der Waals surface area contributed by atoms with Crippen molar-refractivity contribution in [2.45, 2.75) is 32.7 Å². The number of aryl methyl sites for hydroxylation is 2. The summed E-state index contributed by atoms with van der Waals surface area (Å²) >= 11 is 3.00. The zero-order valence-electron chi connectivity index (χ0n) is 21.7. The van der Waals surface area contributed by atoms with E-state index in [1.165, 1.54) is 28.5 Å². The van der Waals surface area contributed by atoms with Gasteiger partial charge in [0.05, 0.1) is 21.2 Å². The van der Waals surface area contributed by atoms with Gasteiger partial charge in [0.15, 0.2) is 4.80 Å². The first kappa shape index (κ1) is 24.7. The van der Waals surface area contributed by atoms with Gasteiger partial charge < -0.3 is 4.42 Å². The van der Waals surface area contributed by atoms with Crippen LogP contribution >= 0.6 is 22.7 Å². The Hall–Kier alpha value is -4.34. The van der Waals surface area contributed by atoms with Crippen LogP contribution in [0.3, 0.4) is 0 Å². The largest absolute Gasteiger partial charge is 0.457 e. The maximum absolute atomic E-state index is 13.9. The third-order valence-electron chi connectivity index (χ3n) is 7.71. The second-order valence-corrected chi connectivity index (χ2v) is 12.0. The van der Waals surface area contributed by atoms with Gasteiger partial charge in [0.2, 0.25) is 0 Å². The molecule has 5 aromatic rings. The first-order chi connectivity index (χ1) is 19.4. The highest BCUT2D eigenvalue weighted by Gasteiger charge is 2.33. The van der Waals surface area contributed by atoms with Crippen molar-refractivity contribution in [3.05, 3.63) is 134 Å². The third kappa shape index (κ3) is 3.92. The summed E-state index contributed by atoms with van der Waals surface area (Å²) in [6.45, 7) is 3.59. The SMILES string of the molecule is Cc1cc(-c2ccc(/C=c3/sc4n(c3=O)[C@H](c3cccs3)C3=C(N=4)c4ccccc4CC3)o2)cc([N+](=O)[O-])c1C. The number of fused-ring (bicyclic) bond motifs is 3. The van der Waals surface area contributed by atoms with Crippen LogP contribution in [-0.4, -0.2) is 9.49 Å². The summed E-state index contributed by atoms with van der Waals surface area (Å²) in [7, 11) is 0. The zero-order valence-corrected chi connectivity index (χ0v) is 23.3. The van der Waals surface area contributed by atoms with Crippen molar-refractivity contribution >= 4 is 40.1 Å². The maximum Gasteiger partial charge on any atom is 0.273 e. The standard InChI is InChI=1S/C31H23N3O4S2/c1-17-14-20(15-24(18(17)2)34(36)37)25-12-10-21(38-25)16-27-30(35)33-29(26-8-5-13-39-26)23-11-9-19-6-3-4-7-22(19)28(23)32-31(33)40-27/h3-8,10,12-16,29H,9,11H2,1-2H3/b27-16+/t29-/m0/s1. The average Bonchev–Trinajstić information content (AvgIpc) is 3.71. The monoisotopic (exact) mass is 565 g/mol. The molecule has 0 unspecified atom stereocenters. The zero-order chi connectivity index (χ0) is 27.5. The lowest BCUT2D eigenvalue weighted by Gasteiger charge is -2.30. The Labute approximate surface area is 236 Å². The van der Waals surface area contributed by atoms with E-state index in [4.69, 9.17) is 9.41 Å². The molecule has 198 valence electrons. The van der Waals surface area contributed by atoms with E-state index in [1.54, 1.807) is 36.5 Å². The summed E-state index contributed by atoms with van der Waals surface area (Å²) in [5.74, 6) is 1.01. The first-order valence-corrected chi connectivity index (χ1v) is 14.6. The molecule has 0 fully saturated rings. The minimum absolute atomic E-state index is 0.0559. The number of hydrogen-bond donors (Lipinski definition) is 0. The van der Waals surface area contributed by atoms with Gasteiger partial charge in [-0.05, 0) is 73.0 Å². The number of rotatable bonds is 4. The van der Waals surface area contributed by atoms with Crippen LogP contribution in [0.2, 0.25) is 0 Å². The van der Waals surface area contributed by atoms with Gasteiger partial charge in [-0.2, -0.15) is 0 Å². The second-order valence-electron chi connectivity index (χ2n) is 10.0. The van der Waals surface area contributed by atoms with Gasteiger partial charge >= 0.3 is 0 Å². The highest BCUT2D eigenvalue weighted by atomic mass is 32.1. The minimum atomic E-state index is -0.377. The Morgan fingerprint density at radius 1 is 1.10 bits per heavy atom. The van der Waals surface area contributed by atoms with E-state index in [0.717, 1.165) is 34.5 Å². The Kier molecular flexibility index (Phi) is 5.80. The predicted octanol–water partition coefficient (Wildman–Crippen LogP) is 6.17. The summed E-state index contributed by atoms with van der Waals surface area (Å²) in [4.78, 5) is 31.9. The first-order valence-electron chi connectivity index (χ1n) is 12.9. The number of thiazole rings is 1. The van der Waals surface area contributed by atoms with E-state index in [-0.39, 0.29) is 22.2 Å². The molecule has 1 aliphatic heterocycles. The van der Waals surface area contributed by atoms with E-state index >= 15 is 0 Å². The fraction of sp³-hybridized carbons (Fsp3) is 0.161. The predicted molar refractivity (Wildman–Crippen MR) is 157 cm³/mol. The van der Waals surface area contributed by atoms with E-state index in [2.05, 4.69) is 24.3 Å². The fourth-order valence-electron chi connectivity index (χ4n) is 5.61. The highest BCUT2D eigenvalue weighted by Crippen LogP contribution is 2.42. The number of allylic oxidation sites excluding steroid dienone is 1. The number of thiophene rings is 1. The van der Waals surface area contributed by atoms with E-state index in [0.29, 0.717) is 32.0 Å². The molecular formula is C31H23N3O4S2. The van der Waals surface area contributed by atoms with Crippen LogP contribution in [0.1, 0.15) is 45.4 Å². The molecule has 0 spiro atoms. The quantitative estimate of drug-likeness (QED) is 0.193.